The van der Waals surface area contributed by atoms with E-state index >= 15 is 0 Å². The Morgan fingerprint density at radius 1 is 1.70 bits per heavy atom. The van der Waals surface area contributed by atoms with Crippen LogP contribution in [-0.4, -0.2) is 34.4 Å². The number of carboxylic acid groups (broad SMARTS) is 1. The van der Waals surface area contributed by atoms with Gasteiger partial charge < -0.3 is 10.2 Å². The van der Waals surface area contributed by atoms with E-state index in [1.54, 1.807) is 6.92 Å². The molecule has 1 rings (SSSR count). The molecule has 0 radical (unpaired) electrons. The Bertz CT molecular complexity index is 138. The molecule has 58 valence electrons. The molecule has 0 aromatic heterocycles. The van der Waals surface area contributed by atoms with Crippen LogP contribution in [0.4, 0.5) is 0 Å². The molecular weight excluding hydrogens is 134 g/mol. The van der Waals surface area contributed by atoms with Gasteiger partial charge in [-0.1, -0.05) is 0 Å². The number of carbonyl (C=O) groups is 1. The second-order valence-corrected chi connectivity index (χ2v) is 2.65. The van der Waals surface area contributed by atoms with Crippen LogP contribution >= 0.6 is 0 Å². The zero-order chi connectivity index (χ0) is 7.72. The quantitative estimate of drug-likeness (QED) is 0.451. The van der Waals surface area contributed by atoms with Crippen LogP contribution < -0.4 is 5.32 Å². The third-order valence-corrected chi connectivity index (χ3v) is 1.82. The lowest BCUT2D eigenvalue weighted by Gasteiger charge is -2.05. The predicted molar refractivity (Wildman–Crippen MR) is 34.6 cm³/mol. The van der Waals surface area contributed by atoms with Crippen molar-refractivity contribution >= 4 is 5.97 Å². The highest BCUT2D eigenvalue weighted by Crippen LogP contribution is 2.12. The third kappa shape index (κ3) is 1.27. The minimum atomic E-state index is -0.886. The first kappa shape index (κ1) is 7.50. The van der Waals surface area contributed by atoms with Crippen molar-refractivity contribution in [1.82, 2.24) is 5.32 Å². The van der Waals surface area contributed by atoms with Gasteiger partial charge in [-0.2, -0.15) is 0 Å². The number of hydrogen-bond acceptors (Lipinski definition) is 3. The predicted octanol–water partition coefficient (Wildman–Crippen LogP) is -0.818. The number of nitrogens with one attached hydrogen (secondary N) is 1. The highest BCUT2D eigenvalue weighted by Gasteiger charge is 2.33. The van der Waals surface area contributed by atoms with Gasteiger partial charge >= 0.3 is 5.97 Å². The Balaban J connectivity index is 2.49. The van der Waals surface area contributed by atoms with Crippen LogP contribution in [0.5, 0.6) is 0 Å². The van der Waals surface area contributed by atoms with Crippen LogP contribution in [0, 0.1) is 0 Å². The summed E-state index contributed by atoms with van der Waals surface area (Å²) >= 11 is 0. The lowest BCUT2D eigenvalue weighted by atomic mass is 10.1. The van der Waals surface area contributed by atoms with Crippen molar-refractivity contribution in [3.63, 3.8) is 0 Å². The molecule has 0 saturated carbocycles. The third-order valence-electron chi connectivity index (χ3n) is 1.82. The molecule has 1 heterocycles. The summed E-state index contributed by atoms with van der Waals surface area (Å²) in [5.41, 5.74) is 0. The molecule has 1 fully saturated rings. The molecule has 0 amide bonds. The molecule has 0 bridgehead atoms. The van der Waals surface area contributed by atoms with Crippen molar-refractivity contribution in [2.24, 2.45) is 0 Å². The first-order chi connectivity index (χ1) is 4.61. The molecule has 0 spiro atoms. The van der Waals surface area contributed by atoms with Gasteiger partial charge in [0.05, 0.1) is 6.10 Å². The molecule has 1 saturated heterocycles. The van der Waals surface area contributed by atoms with E-state index in [4.69, 9.17) is 10.2 Å². The maximum absolute atomic E-state index is 10.3. The van der Waals surface area contributed by atoms with Crippen LogP contribution in [0.1, 0.15) is 13.3 Å². The topological polar surface area (TPSA) is 69.6 Å². The Hall–Kier alpha value is -0.610. The van der Waals surface area contributed by atoms with E-state index in [2.05, 4.69) is 5.32 Å². The van der Waals surface area contributed by atoms with Gasteiger partial charge in [0, 0.05) is 12.5 Å². The monoisotopic (exact) mass is 145 g/mol. The van der Waals surface area contributed by atoms with Crippen molar-refractivity contribution in [1.29, 1.82) is 0 Å². The zero-order valence-electron chi connectivity index (χ0n) is 5.74. The fraction of sp³-hybridized carbons (Fsp3) is 0.833. The number of rotatable bonds is 1. The van der Waals surface area contributed by atoms with Crippen molar-refractivity contribution < 1.29 is 15.0 Å². The summed E-state index contributed by atoms with van der Waals surface area (Å²) in [7, 11) is 0. The second-order valence-electron chi connectivity index (χ2n) is 2.65. The van der Waals surface area contributed by atoms with E-state index in [9.17, 15) is 4.79 Å². The van der Waals surface area contributed by atoms with Gasteiger partial charge in [0.1, 0.15) is 6.04 Å². The summed E-state index contributed by atoms with van der Waals surface area (Å²) in [6.07, 6.45) is -0.197. The van der Waals surface area contributed by atoms with Crippen LogP contribution in [-0.2, 0) is 4.79 Å². The lowest BCUT2D eigenvalue weighted by Crippen LogP contribution is -2.34. The van der Waals surface area contributed by atoms with Gasteiger partial charge in [-0.3, -0.25) is 10.1 Å². The van der Waals surface area contributed by atoms with Crippen molar-refractivity contribution in [3.8, 4) is 0 Å². The average Bonchev–Trinajstić information content (AvgIpc) is 2.13. The molecule has 1 aliphatic heterocycles. The number of aliphatic carboxylic acids is 1. The summed E-state index contributed by atoms with van der Waals surface area (Å²) in [6.45, 7) is 1.77. The van der Waals surface area contributed by atoms with Crippen molar-refractivity contribution in [2.75, 3.05) is 0 Å². The molecule has 3 N–H and O–H groups in total. The average molecular weight is 145 g/mol. The smallest absolute Gasteiger partial charge is 0.320 e. The maximum Gasteiger partial charge on any atom is 0.320 e. The van der Waals surface area contributed by atoms with E-state index in [0.29, 0.717) is 6.42 Å². The highest BCUT2D eigenvalue weighted by molar-refractivity contribution is 5.74. The maximum atomic E-state index is 10.3. The van der Waals surface area contributed by atoms with Crippen molar-refractivity contribution in [2.45, 2.75) is 31.5 Å². The minimum Gasteiger partial charge on any atom is -0.480 e. The highest BCUT2D eigenvalue weighted by atomic mass is 16.4. The number of carboxylic acids is 1. The molecule has 4 nitrogen and oxygen atoms in total. The van der Waals surface area contributed by atoms with Crippen molar-refractivity contribution in [3.05, 3.63) is 0 Å². The van der Waals surface area contributed by atoms with Gasteiger partial charge in [0.25, 0.3) is 0 Å². The van der Waals surface area contributed by atoms with Gasteiger partial charge in [0.2, 0.25) is 0 Å². The minimum absolute atomic E-state index is 0.0962. The fourth-order valence-corrected chi connectivity index (χ4v) is 1.11. The summed E-state index contributed by atoms with van der Waals surface area (Å²) in [6, 6.07) is -0.661. The Morgan fingerprint density at radius 3 is 2.50 bits per heavy atom. The molecular formula is C6H11NO3. The van der Waals surface area contributed by atoms with Gasteiger partial charge in [-0.25, -0.2) is 0 Å². The molecule has 0 unspecified atom stereocenters. The van der Waals surface area contributed by atoms with Crippen LogP contribution in [0.2, 0.25) is 0 Å². The lowest BCUT2D eigenvalue weighted by molar-refractivity contribution is -0.139. The fourth-order valence-electron chi connectivity index (χ4n) is 1.11. The number of aliphatic hydroxyl groups excluding tert-OH is 1. The standard InChI is InChI=1S/C6H11NO3/c1-3-5(8)2-4(7-3)6(9)10/h3-5,7-8H,2H2,1H3,(H,9,10)/t3-,4+,5+/m0/s1. The Kier molecular flexibility index (Phi) is 1.92. The summed E-state index contributed by atoms with van der Waals surface area (Å²) < 4.78 is 0. The van der Waals surface area contributed by atoms with Crippen LogP contribution in [0.15, 0.2) is 0 Å². The van der Waals surface area contributed by atoms with E-state index < -0.39 is 18.1 Å². The Labute approximate surface area is 58.9 Å². The Morgan fingerprint density at radius 2 is 2.30 bits per heavy atom. The number of aliphatic hydroxyl groups is 1. The summed E-state index contributed by atoms with van der Waals surface area (Å²) in [5.74, 6) is -0.886. The molecule has 10 heavy (non-hydrogen) atoms. The molecule has 0 aliphatic carbocycles. The SMILES string of the molecule is C[C@@H]1N[C@@H](C(=O)O)C[C@H]1O. The van der Waals surface area contributed by atoms with Gasteiger partial charge in [0.15, 0.2) is 0 Å². The van der Waals surface area contributed by atoms with E-state index in [1.165, 1.54) is 0 Å². The molecule has 0 aromatic carbocycles. The van der Waals surface area contributed by atoms with E-state index in [0.717, 1.165) is 0 Å². The van der Waals surface area contributed by atoms with E-state index in [-0.39, 0.29) is 6.04 Å². The van der Waals surface area contributed by atoms with Crippen LogP contribution in [0.25, 0.3) is 0 Å². The summed E-state index contributed by atoms with van der Waals surface area (Å²) in [5, 5.41) is 20.3. The molecule has 3 atom stereocenters. The first-order valence-corrected chi connectivity index (χ1v) is 3.28. The number of hydrogen-bond donors (Lipinski definition) is 3. The zero-order valence-corrected chi connectivity index (χ0v) is 5.74. The van der Waals surface area contributed by atoms with Gasteiger partial charge in [-0.05, 0) is 6.92 Å². The summed E-state index contributed by atoms with van der Waals surface area (Å²) in [4.78, 5) is 10.3. The van der Waals surface area contributed by atoms with E-state index in [1.807, 2.05) is 0 Å². The van der Waals surface area contributed by atoms with Crippen LogP contribution in [0.3, 0.4) is 0 Å². The molecule has 0 aromatic rings. The second kappa shape index (κ2) is 2.56. The van der Waals surface area contributed by atoms with Gasteiger partial charge in [-0.15, -0.1) is 0 Å². The normalized spacial score (nSPS) is 40.0. The molecule has 1 aliphatic rings. The molecule has 4 heteroatoms. The largest absolute Gasteiger partial charge is 0.480 e. The first-order valence-electron chi connectivity index (χ1n) is 3.28.